The van der Waals surface area contributed by atoms with E-state index in [1.165, 1.54) is 39.4 Å². The molecule has 3 aromatic carbocycles. The molecule has 3 aromatic rings. The first-order valence-corrected chi connectivity index (χ1v) is 14.4. The molecule has 0 aliphatic heterocycles. The van der Waals surface area contributed by atoms with Gasteiger partial charge in [0.15, 0.2) is 0 Å². The molecule has 0 saturated heterocycles. The summed E-state index contributed by atoms with van der Waals surface area (Å²) in [5, 5.41) is 2.76. The van der Waals surface area contributed by atoms with E-state index in [1.807, 2.05) is 30.3 Å². The van der Waals surface area contributed by atoms with Gasteiger partial charge >= 0.3 is 0 Å². The Hall–Kier alpha value is -3.25. The number of methoxy groups -OCH3 is 1. The second kappa shape index (κ2) is 11.9. The number of carbonyl (C=O) groups is 1. The molecule has 0 fully saturated rings. The summed E-state index contributed by atoms with van der Waals surface area (Å²) in [6.07, 6.45) is 0.125. The molecule has 0 heterocycles. The Morgan fingerprint density at radius 2 is 1.57 bits per heavy atom. The van der Waals surface area contributed by atoms with E-state index >= 15 is 0 Å². The third-order valence-corrected chi connectivity index (χ3v) is 9.00. The highest BCUT2D eigenvalue weighted by molar-refractivity contribution is 7.89. The third kappa shape index (κ3) is 7.16. The smallest absolute Gasteiger partial charge is 0.244 e. The van der Waals surface area contributed by atoms with Crippen LogP contribution in [0.15, 0.2) is 82.6 Å². The number of hydrogen-bond donors (Lipinski definition) is 2. The van der Waals surface area contributed by atoms with Gasteiger partial charge in [-0.3, -0.25) is 4.79 Å². The van der Waals surface area contributed by atoms with E-state index in [1.54, 1.807) is 31.2 Å². The molecule has 0 unspecified atom stereocenters. The van der Waals surface area contributed by atoms with Crippen molar-refractivity contribution >= 4 is 26.0 Å². The molecule has 2 N–H and O–H groups in total. The predicted octanol–water partition coefficient (Wildman–Crippen LogP) is 2.46. The molecule has 0 spiro atoms. The Kier molecular flexibility index (Phi) is 9.08. The van der Waals surface area contributed by atoms with Crippen molar-refractivity contribution in [3.8, 4) is 5.75 Å². The number of nitrogens with zero attached hydrogens (tertiary/aromatic N) is 1. The van der Waals surface area contributed by atoms with Crippen LogP contribution < -0.4 is 14.8 Å². The highest BCUT2D eigenvalue weighted by Crippen LogP contribution is 2.25. The Bertz CT molecular complexity index is 1440. The molecule has 0 aliphatic rings. The van der Waals surface area contributed by atoms with Crippen LogP contribution in [-0.2, 0) is 37.8 Å². The third-order valence-electron chi connectivity index (χ3n) is 5.67. The van der Waals surface area contributed by atoms with Crippen LogP contribution in [0.5, 0.6) is 5.75 Å². The maximum atomic E-state index is 13.3. The zero-order valence-corrected chi connectivity index (χ0v) is 22.8. The molecule has 0 aromatic heterocycles. The van der Waals surface area contributed by atoms with E-state index in [0.717, 1.165) is 15.4 Å². The van der Waals surface area contributed by atoms with E-state index in [-0.39, 0.29) is 28.5 Å². The van der Waals surface area contributed by atoms with Gasteiger partial charge in [0, 0.05) is 20.6 Å². The van der Waals surface area contributed by atoms with Gasteiger partial charge in [0.25, 0.3) is 0 Å². The average Bonchev–Trinajstić information content (AvgIpc) is 2.87. The highest BCUT2D eigenvalue weighted by atomic mass is 32.2. The molecule has 0 aliphatic carbocycles. The van der Waals surface area contributed by atoms with Crippen LogP contribution in [0.2, 0.25) is 0 Å². The molecule has 198 valence electrons. The summed E-state index contributed by atoms with van der Waals surface area (Å²) in [4.78, 5) is 13.3. The van der Waals surface area contributed by atoms with Crippen molar-refractivity contribution in [3.63, 3.8) is 0 Å². The van der Waals surface area contributed by atoms with Gasteiger partial charge in [0.2, 0.25) is 26.0 Å². The fourth-order valence-electron chi connectivity index (χ4n) is 3.58. The number of hydrogen-bond acceptors (Lipinski definition) is 6. The van der Waals surface area contributed by atoms with E-state index in [4.69, 9.17) is 4.74 Å². The van der Waals surface area contributed by atoms with Crippen LogP contribution in [0.1, 0.15) is 16.7 Å². The number of aryl methyl sites for hydroxylation is 1. The van der Waals surface area contributed by atoms with Crippen molar-refractivity contribution in [2.75, 3.05) is 21.2 Å². The van der Waals surface area contributed by atoms with Crippen LogP contribution in [0.4, 0.5) is 0 Å². The molecule has 0 bridgehead atoms. The lowest BCUT2D eigenvalue weighted by Crippen LogP contribution is -2.47. The molecule has 0 saturated carbocycles. The summed E-state index contributed by atoms with van der Waals surface area (Å²) in [7, 11) is -3.40. The van der Waals surface area contributed by atoms with Crippen molar-refractivity contribution in [2.24, 2.45) is 0 Å². The largest absolute Gasteiger partial charge is 0.495 e. The number of carbonyl (C=O) groups excluding carboxylic acids is 1. The van der Waals surface area contributed by atoms with E-state index in [2.05, 4.69) is 10.0 Å². The van der Waals surface area contributed by atoms with Crippen molar-refractivity contribution in [1.82, 2.24) is 14.3 Å². The molecular formula is C26H31N3O6S2. The predicted molar refractivity (Wildman–Crippen MR) is 141 cm³/mol. The number of nitrogens with one attached hydrogen (secondary N) is 2. The fourth-order valence-corrected chi connectivity index (χ4v) is 5.94. The van der Waals surface area contributed by atoms with Crippen LogP contribution in [0, 0.1) is 6.92 Å². The number of sulfonamides is 2. The second-order valence-electron chi connectivity index (χ2n) is 8.67. The summed E-state index contributed by atoms with van der Waals surface area (Å²) < 4.78 is 60.0. The standard InChI is InChI=1S/C26H31N3O6S2/c1-19-10-15-24(35-4)25(16-19)36(31,32)28-23(17-20-8-6-5-7-9-20)26(30)27-18-21-11-13-22(14-12-21)37(33,34)29(2)3/h5-16,23,28H,17-18H2,1-4H3,(H,27,30)/t23-/m1/s1. The first-order valence-electron chi connectivity index (χ1n) is 11.4. The van der Waals surface area contributed by atoms with Crippen molar-refractivity contribution in [2.45, 2.75) is 35.7 Å². The molecule has 9 nitrogen and oxygen atoms in total. The molecule has 0 radical (unpaired) electrons. The Balaban J connectivity index is 1.81. The lowest BCUT2D eigenvalue weighted by atomic mass is 10.1. The van der Waals surface area contributed by atoms with Gasteiger partial charge in [-0.1, -0.05) is 48.5 Å². The maximum absolute atomic E-state index is 13.3. The Morgan fingerprint density at radius 3 is 2.16 bits per heavy atom. The minimum Gasteiger partial charge on any atom is -0.495 e. The normalized spacial score (nSPS) is 12.8. The lowest BCUT2D eigenvalue weighted by molar-refractivity contribution is -0.122. The molecular weight excluding hydrogens is 514 g/mol. The molecule has 1 amide bonds. The summed E-state index contributed by atoms with van der Waals surface area (Å²) in [5.74, 6) is -0.353. The lowest BCUT2D eigenvalue weighted by Gasteiger charge is -2.20. The number of ether oxygens (including phenoxy) is 1. The van der Waals surface area contributed by atoms with Crippen molar-refractivity contribution in [1.29, 1.82) is 0 Å². The number of amides is 1. The first-order chi connectivity index (χ1) is 17.4. The summed E-state index contributed by atoms with van der Waals surface area (Å²) in [5.41, 5.74) is 2.16. The molecule has 1 atom stereocenters. The van der Waals surface area contributed by atoms with Crippen LogP contribution in [0.25, 0.3) is 0 Å². The van der Waals surface area contributed by atoms with Gasteiger partial charge in [0.1, 0.15) is 16.7 Å². The highest BCUT2D eigenvalue weighted by Gasteiger charge is 2.28. The second-order valence-corrected chi connectivity index (χ2v) is 12.5. The van der Waals surface area contributed by atoms with Gasteiger partial charge in [-0.05, 0) is 54.3 Å². The Labute approximate surface area is 218 Å². The summed E-state index contributed by atoms with van der Waals surface area (Å²) >= 11 is 0. The quantitative estimate of drug-likeness (QED) is 0.382. The first kappa shape index (κ1) is 28.3. The zero-order chi connectivity index (χ0) is 27.2. The van der Waals surface area contributed by atoms with Gasteiger partial charge < -0.3 is 10.1 Å². The van der Waals surface area contributed by atoms with Gasteiger partial charge in [-0.25, -0.2) is 21.1 Å². The minimum atomic E-state index is -4.11. The Morgan fingerprint density at radius 1 is 0.919 bits per heavy atom. The van der Waals surface area contributed by atoms with E-state index in [9.17, 15) is 21.6 Å². The van der Waals surface area contributed by atoms with Crippen LogP contribution >= 0.6 is 0 Å². The molecule has 3 rings (SSSR count). The van der Waals surface area contributed by atoms with Crippen molar-refractivity contribution in [3.05, 3.63) is 89.5 Å². The topological polar surface area (TPSA) is 122 Å². The number of rotatable bonds is 11. The number of benzene rings is 3. The fraction of sp³-hybridized carbons (Fsp3) is 0.269. The summed E-state index contributed by atoms with van der Waals surface area (Å²) in [6, 6.07) is 18.9. The minimum absolute atomic E-state index is 0.0569. The zero-order valence-electron chi connectivity index (χ0n) is 21.1. The van der Waals surface area contributed by atoms with E-state index < -0.39 is 32.0 Å². The molecule has 11 heteroatoms. The van der Waals surface area contributed by atoms with Gasteiger partial charge in [0.05, 0.1) is 12.0 Å². The van der Waals surface area contributed by atoms with Crippen LogP contribution in [-0.4, -0.2) is 54.3 Å². The van der Waals surface area contributed by atoms with Crippen LogP contribution in [0.3, 0.4) is 0 Å². The average molecular weight is 546 g/mol. The summed E-state index contributed by atoms with van der Waals surface area (Å²) in [6.45, 7) is 1.85. The van der Waals surface area contributed by atoms with Gasteiger partial charge in [-0.2, -0.15) is 4.72 Å². The van der Waals surface area contributed by atoms with E-state index in [0.29, 0.717) is 5.56 Å². The van der Waals surface area contributed by atoms with Gasteiger partial charge in [-0.15, -0.1) is 0 Å². The monoisotopic (exact) mass is 545 g/mol. The van der Waals surface area contributed by atoms with Crippen molar-refractivity contribution < 1.29 is 26.4 Å². The molecule has 37 heavy (non-hydrogen) atoms. The SMILES string of the molecule is COc1ccc(C)cc1S(=O)(=O)N[C@H](Cc1ccccc1)C(=O)NCc1ccc(S(=O)(=O)N(C)C)cc1. The maximum Gasteiger partial charge on any atom is 0.244 e.